The smallest absolute Gasteiger partial charge is 0.317 e. The molecule has 1 aliphatic rings. The van der Waals surface area contributed by atoms with Crippen molar-refractivity contribution in [3.63, 3.8) is 0 Å². The van der Waals surface area contributed by atoms with Crippen LogP contribution in [-0.4, -0.2) is 37.1 Å². The lowest BCUT2D eigenvalue weighted by Gasteiger charge is -2.36. The lowest BCUT2D eigenvalue weighted by molar-refractivity contribution is 0.194. The Balaban J connectivity index is 1.50. The van der Waals surface area contributed by atoms with Crippen LogP contribution in [0.15, 0.2) is 54.6 Å². The van der Waals surface area contributed by atoms with Gasteiger partial charge in [0.15, 0.2) is 0 Å². The number of nitrogens with one attached hydrogen (secondary N) is 1. The van der Waals surface area contributed by atoms with E-state index in [1.165, 1.54) is 11.3 Å². The maximum atomic E-state index is 12.4. The van der Waals surface area contributed by atoms with E-state index in [0.29, 0.717) is 6.54 Å². The number of piperazine rings is 1. The summed E-state index contributed by atoms with van der Waals surface area (Å²) in [5.41, 5.74) is 3.88. The maximum Gasteiger partial charge on any atom is 0.317 e. The van der Waals surface area contributed by atoms with Gasteiger partial charge in [0.1, 0.15) is 0 Å². The molecule has 0 atom stereocenters. The minimum Gasteiger partial charge on any atom is -0.368 e. The molecule has 2 amide bonds. The van der Waals surface area contributed by atoms with Crippen molar-refractivity contribution in [3.8, 4) is 0 Å². The van der Waals surface area contributed by atoms with Gasteiger partial charge in [-0.05, 0) is 28.7 Å². The van der Waals surface area contributed by atoms with Crippen LogP contribution in [0.5, 0.6) is 0 Å². The van der Waals surface area contributed by atoms with Crippen molar-refractivity contribution in [3.05, 3.63) is 65.7 Å². The topological polar surface area (TPSA) is 35.6 Å². The van der Waals surface area contributed by atoms with Crippen LogP contribution < -0.4 is 10.2 Å². The second-order valence-electron chi connectivity index (χ2n) is 7.92. The molecule has 1 aliphatic heterocycles. The van der Waals surface area contributed by atoms with Crippen molar-refractivity contribution in [2.24, 2.45) is 0 Å². The summed E-state index contributed by atoms with van der Waals surface area (Å²) in [5.74, 6) is 0. The van der Waals surface area contributed by atoms with Gasteiger partial charge in [-0.25, -0.2) is 4.79 Å². The molecule has 0 radical (unpaired) electrons. The first-order valence-corrected chi connectivity index (χ1v) is 9.36. The molecule has 4 nitrogen and oxygen atoms in total. The van der Waals surface area contributed by atoms with Crippen LogP contribution >= 0.6 is 0 Å². The fraction of sp³-hybridized carbons (Fsp3) is 0.409. The molecule has 1 fully saturated rings. The zero-order valence-electron chi connectivity index (χ0n) is 16.0. The number of urea groups is 1. The van der Waals surface area contributed by atoms with E-state index in [1.807, 2.05) is 35.2 Å². The number of hydrogen-bond acceptors (Lipinski definition) is 2. The molecule has 1 saturated heterocycles. The summed E-state index contributed by atoms with van der Waals surface area (Å²) in [7, 11) is 0. The lowest BCUT2D eigenvalue weighted by atomic mass is 9.87. The highest BCUT2D eigenvalue weighted by molar-refractivity contribution is 5.74. The number of benzene rings is 2. The quantitative estimate of drug-likeness (QED) is 0.907. The molecule has 138 valence electrons. The third kappa shape index (κ3) is 4.57. The summed E-state index contributed by atoms with van der Waals surface area (Å²) in [5, 5.41) is 3.02. The summed E-state index contributed by atoms with van der Waals surface area (Å²) in [4.78, 5) is 16.6. The molecule has 0 spiro atoms. The minimum absolute atomic E-state index is 0.0246. The van der Waals surface area contributed by atoms with Crippen molar-refractivity contribution >= 4 is 11.7 Å². The largest absolute Gasteiger partial charge is 0.368 e. The van der Waals surface area contributed by atoms with E-state index in [9.17, 15) is 4.79 Å². The Kier molecular flexibility index (Phi) is 5.50. The van der Waals surface area contributed by atoms with Crippen LogP contribution in [0.3, 0.4) is 0 Å². The second-order valence-corrected chi connectivity index (χ2v) is 7.92. The number of nitrogens with zero attached hydrogens (tertiary/aromatic N) is 2. The number of hydrogen-bond donors (Lipinski definition) is 1. The second kappa shape index (κ2) is 7.81. The first-order valence-electron chi connectivity index (χ1n) is 9.36. The summed E-state index contributed by atoms with van der Waals surface area (Å²) >= 11 is 0. The fourth-order valence-electron chi connectivity index (χ4n) is 3.23. The van der Waals surface area contributed by atoms with E-state index in [0.717, 1.165) is 31.7 Å². The van der Waals surface area contributed by atoms with E-state index < -0.39 is 0 Å². The Hall–Kier alpha value is -2.49. The molecule has 2 aromatic carbocycles. The van der Waals surface area contributed by atoms with E-state index in [1.54, 1.807) is 0 Å². The highest BCUT2D eigenvalue weighted by atomic mass is 16.2. The van der Waals surface area contributed by atoms with E-state index in [-0.39, 0.29) is 11.4 Å². The van der Waals surface area contributed by atoms with E-state index in [4.69, 9.17) is 0 Å². The summed E-state index contributed by atoms with van der Waals surface area (Å²) in [6.07, 6.45) is 0. The molecular formula is C22H29N3O. The van der Waals surface area contributed by atoms with Crippen molar-refractivity contribution in [2.45, 2.75) is 32.7 Å². The minimum atomic E-state index is 0.0246. The van der Waals surface area contributed by atoms with Gasteiger partial charge in [-0.2, -0.15) is 0 Å². The molecule has 4 heteroatoms. The Bertz CT molecular complexity index is 711. The van der Waals surface area contributed by atoms with Gasteiger partial charge in [-0.3, -0.25) is 0 Å². The summed E-state index contributed by atoms with van der Waals surface area (Å²) < 4.78 is 0. The Labute approximate surface area is 156 Å². The molecule has 3 rings (SSSR count). The number of carbonyl (C=O) groups is 1. The number of amides is 2. The summed E-state index contributed by atoms with van der Waals surface area (Å²) in [6, 6.07) is 18.9. The van der Waals surface area contributed by atoms with Crippen LogP contribution in [-0.2, 0) is 12.0 Å². The maximum absolute atomic E-state index is 12.4. The lowest BCUT2D eigenvalue weighted by Crippen LogP contribution is -2.51. The average Bonchev–Trinajstić information content (AvgIpc) is 2.66. The van der Waals surface area contributed by atoms with Gasteiger partial charge in [0.2, 0.25) is 0 Å². The Morgan fingerprint density at radius 2 is 1.54 bits per heavy atom. The van der Waals surface area contributed by atoms with Gasteiger partial charge in [-0.15, -0.1) is 0 Å². The fourth-order valence-corrected chi connectivity index (χ4v) is 3.23. The highest BCUT2D eigenvalue weighted by Crippen LogP contribution is 2.25. The molecule has 0 bridgehead atoms. The molecular weight excluding hydrogens is 322 g/mol. The average molecular weight is 351 g/mol. The molecule has 1 N–H and O–H groups in total. The first kappa shape index (κ1) is 18.3. The number of anilines is 1. The van der Waals surface area contributed by atoms with Gasteiger partial charge in [0, 0.05) is 38.4 Å². The van der Waals surface area contributed by atoms with Crippen molar-refractivity contribution in [1.82, 2.24) is 10.2 Å². The van der Waals surface area contributed by atoms with Crippen LogP contribution in [0.25, 0.3) is 0 Å². The Morgan fingerprint density at radius 3 is 2.12 bits per heavy atom. The van der Waals surface area contributed by atoms with Crippen molar-refractivity contribution < 1.29 is 4.79 Å². The number of rotatable bonds is 3. The predicted molar refractivity (Wildman–Crippen MR) is 108 cm³/mol. The standard InChI is InChI=1S/C22H29N3O/c1-22(2,3)19-9-11-20(12-10-19)24-13-15-25(16-14-24)21(26)23-17-18-7-5-4-6-8-18/h4-12H,13-17H2,1-3H3,(H,23,26). The van der Waals surface area contributed by atoms with Gasteiger partial charge in [0.05, 0.1) is 0 Å². The summed E-state index contributed by atoms with van der Waals surface area (Å²) in [6.45, 7) is 10.5. The highest BCUT2D eigenvalue weighted by Gasteiger charge is 2.21. The van der Waals surface area contributed by atoms with Crippen LogP contribution in [0.2, 0.25) is 0 Å². The van der Waals surface area contributed by atoms with Crippen molar-refractivity contribution in [1.29, 1.82) is 0 Å². The molecule has 1 heterocycles. The third-order valence-corrected chi connectivity index (χ3v) is 4.95. The van der Waals surface area contributed by atoms with Gasteiger partial charge in [-0.1, -0.05) is 63.2 Å². The zero-order chi connectivity index (χ0) is 18.6. The monoisotopic (exact) mass is 351 g/mol. The van der Waals surface area contributed by atoms with Crippen LogP contribution in [0.4, 0.5) is 10.5 Å². The molecule has 0 aromatic heterocycles. The molecule has 0 unspecified atom stereocenters. The molecule has 26 heavy (non-hydrogen) atoms. The predicted octanol–water partition coefficient (Wildman–Crippen LogP) is 4.02. The van der Waals surface area contributed by atoms with E-state index in [2.05, 4.69) is 55.3 Å². The molecule has 0 saturated carbocycles. The van der Waals surface area contributed by atoms with Gasteiger partial charge >= 0.3 is 6.03 Å². The van der Waals surface area contributed by atoms with Crippen molar-refractivity contribution in [2.75, 3.05) is 31.1 Å². The van der Waals surface area contributed by atoms with Gasteiger partial charge in [0.25, 0.3) is 0 Å². The molecule has 0 aliphatic carbocycles. The van der Waals surface area contributed by atoms with Crippen LogP contribution in [0.1, 0.15) is 31.9 Å². The van der Waals surface area contributed by atoms with E-state index >= 15 is 0 Å². The molecule has 2 aromatic rings. The van der Waals surface area contributed by atoms with Gasteiger partial charge < -0.3 is 15.1 Å². The zero-order valence-corrected chi connectivity index (χ0v) is 16.0. The normalized spacial score (nSPS) is 15.0. The SMILES string of the molecule is CC(C)(C)c1ccc(N2CCN(C(=O)NCc3ccccc3)CC2)cc1. The first-order chi connectivity index (χ1) is 12.4. The third-order valence-electron chi connectivity index (χ3n) is 4.95. The Morgan fingerprint density at radius 1 is 0.923 bits per heavy atom. The number of carbonyl (C=O) groups excluding carboxylic acids is 1. The van der Waals surface area contributed by atoms with Crippen LogP contribution in [0, 0.1) is 0 Å².